The Kier molecular flexibility index (Phi) is 8.91. The van der Waals surface area contributed by atoms with Crippen LogP contribution in [0.3, 0.4) is 0 Å². The maximum Gasteiger partial charge on any atom is 0.338 e. The van der Waals surface area contributed by atoms with Crippen LogP contribution in [0, 0.1) is 0 Å². The highest BCUT2D eigenvalue weighted by molar-refractivity contribution is 8.16. The van der Waals surface area contributed by atoms with Gasteiger partial charge in [-0.2, -0.15) is 0 Å². The molecule has 3 aromatic carbocycles. The zero-order chi connectivity index (χ0) is 29.6. The zero-order valence-electron chi connectivity index (χ0n) is 23.9. The monoisotopic (exact) mass is 595 g/mol. The van der Waals surface area contributed by atoms with Gasteiger partial charge in [0.05, 0.1) is 29.8 Å². The number of fused-ring (bicyclic) bond motifs is 1. The zero-order valence-corrected chi connectivity index (χ0v) is 24.7. The van der Waals surface area contributed by atoms with Gasteiger partial charge in [0.15, 0.2) is 5.17 Å². The molecule has 0 unspecified atom stereocenters. The molecule has 3 heterocycles. The summed E-state index contributed by atoms with van der Waals surface area (Å²) < 4.78 is 17.6. The normalized spacial score (nSPS) is 19.4. The number of hydrogen-bond acceptors (Lipinski definition) is 8. The van der Waals surface area contributed by atoms with E-state index in [2.05, 4.69) is 5.32 Å². The number of hydrogen-bond donors (Lipinski definition) is 1. The third kappa shape index (κ3) is 6.84. The number of para-hydroxylation sites is 1. The van der Waals surface area contributed by atoms with Crippen LogP contribution >= 0.6 is 11.8 Å². The van der Waals surface area contributed by atoms with Gasteiger partial charge in [0.25, 0.3) is 0 Å². The van der Waals surface area contributed by atoms with E-state index in [0.717, 1.165) is 36.3 Å². The van der Waals surface area contributed by atoms with Crippen LogP contribution in [0.15, 0.2) is 112 Å². The number of nitrogens with one attached hydrogen (secondary N) is 1. The molecule has 3 aromatic rings. The molecule has 43 heavy (non-hydrogen) atoms. The van der Waals surface area contributed by atoms with Crippen molar-refractivity contribution in [3.63, 3.8) is 0 Å². The number of amides is 1. The average molecular weight is 596 g/mol. The van der Waals surface area contributed by atoms with Gasteiger partial charge in [-0.05, 0) is 60.6 Å². The van der Waals surface area contributed by atoms with E-state index in [1.807, 2.05) is 102 Å². The third-order valence-electron chi connectivity index (χ3n) is 7.48. The van der Waals surface area contributed by atoms with Gasteiger partial charge in [-0.1, -0.05) is 72.4 Å². The molecule has 220 valence electrons. The SMILES string of the molecule is CC1=C(C(=O)OCc2ccccc2)[C@H](c2cccc(Oc3ccccc3)c2)N2C(CC(=O)NC[C@H]3CCCO3)=CSC2=N1. The van der Waals surface area contributed by atoms with Gasteiger partial charge in [-0.15, -0.1) is 0 Å². The molecule has 9 heteroatoms. The first-order chi connectivity index (χ1) is 21.0. The molecule has 3 aliphatic heterocycles. The number of esters is 1. The highest BCUT2D eigenvalue weighted by Gasteiger charge is 2.41. The second kappa shape index (κ2) is 13.3. The largest absolute Gasteiger partial charge is 0.457 e. The van der Waals surface area contributed by atoms with Crippen molar-refractivity contribution in [2.75, 3.05) is 13.2 Å². The second-order valence-electron chi connectivity index (χ2n) is 10.6. The van der Waals surface area contributed by atoms with Gasteiger partial charge >= 0.3 is 5.97 Å². The quantitative estimate of drug-likeness (QED) is 0.268. The van der Waals surface area contributed by atoms with Gasteiger partial charge < -0.3 is 24.4 Å². The summed E-state index contributed by atoms with van der Waals surface area (Å²) in [6.45, 7) is 3.19. The van der Waals surface area contributed by atoms with Crippen molar-refractivity contribution in [3.05, 3.63) is 118 Å². The van der Waals surface area contributed by atoms with Crippen molar-refractivity contribution in [1.29, 1.82) is 0 Å². The van der Waals surface area contributed by atoms with E-state index in [4.69, 9.17) is 19.2 Å². The maximum atomic E-state index is 13.8. The van der Waals surface area contributed by atoms with E-state index in [-0.39, 0.29) is 25.0 Å². The molecule has 1 fully saturated rings. The van der Waals surface area contributed by atoms with Gasteiger partial charge in [-0.25, -0.2) is 9.79 Å². The summed E-state index contributed by atoms with van der Waals surface area (Å²) >= 11 is 1.44. The Labute approximate surface area is 255 Å². The highest BCUT2D eigenvalue weighted by Crippen LogP contribution is 2.45. The van der Waals surface area contributed by atoms with Crippen LogP contribution in [0.1, 0.15) is 43.4 Å². The Hall–Kier alpha value is -4.34. The molecule has 0 saturated carbocycles. The minimum Gasteiger partial charge on any atom is -0.457 e. The summed E-state index contributed by atoms with van der Waals surface area (Å²) in [4.78, 5) is 33.6. The minimum absolute atomic E-state index is 0.0552. The molecule has 8 nitrogen and oxygen atoms in total. The van der Waals surface area contributed by atoms with Gasteiger partial charge in [0.2, 0.25) is 5.91 Å². The standard InChI is InChI=1S/C34H33N3O5S/c1-23-31(33(39)41-21-24-10-4-2-5-11-24)32(25-12-8-15-28(18-25)42-27-13-6-3-7-14-27)37-26(22-43-34(37)36-23)19-30(38)35-20-29-16-9-17-40-29/h2-8,10-15,18,22,29,32H,9,16-17,19-21H2,1H3,(H,35,38)/t29-,32+/m1/s1. The van der Waals surface area contributed by atoms with Crippen LogP contribution in [0.2, 0.25) is 0 Å². The molecule has 0 bridgehead atoms. The number of amidine groups is 1. The van der Waals surface area contributed by atoms with Crippen molar-refractivity contribution < 1.29 is 23.8 Å². The number of carbonyl (C=O) groups is 2. The molecule has 0 spiro atoms. The van der Waals surface area contributed by atoms with E-state index < -0.39 is 12.0 Å². The summed E-state index contributed by atoms with van der Waals surface area (Å²) in [6, 6.07) is 26.2. The molecular weight excluding hydrogens is 562 g/mol. The Morgan fingerprint density at radius 1 is 1.02 bits per heavy atom. The Bertz CT molecular complexity index is 1570. The van der Waals surface area contributed by atoms with E-state index in [0.29, 0.717) is 34.5 Å². The number of allylic oxidation sites excluding steroid dienone is 1. The van der Waals surface area contributed by atoms with Crippen molar-refractivity contribution in [2.24, 2.45) is 4.99 Å². The van der Waals surface area contributed by atoms with Crippen LogP contribution in [0.4, 0.5) is 0 Å². The third-order valence-corrected chi connectivity index (χ3v) is 8.37. The molecule has 0 aliphatic carbocycles. The lowest BCUT2D eigenvalue weighted by molar-refractivity contribution is -0.141. The fourth-order valence-corrected chi connectivity index (χ4v) is 6.34. The summed E-state index contributed by atoms with van der Waals surface area (Å²) in [5.74, 6) is 0.778. The lowest BCUT2D eigenvalue weighted by atomic mass is 9.93. The number of carbonyl (C=O) groups excluding carboxylic acids is 2. The molecule has 3 aliphatic rings. The lowest BCUT2D eigenvalue weighted by Crippen LogP contribution is -2.38. The highest BCUT2D eigenvalue weighted by atomic mass is 32.2. The fourth-order valence-electron chi connectivity index (χ4n) is 5.38. The van der Waals surface area contributed by atoms with Crippen molar-refractivity contribution in [1.82, 2.24) is 10.2 Å². The Morgan fingerprint density at radius 2 is 1.79 bits per heavy atom. The summed E-state index contributed by atoms with van der Waals surface area (Å²) in [5, 5.41) is 5.66. The van der Waals surface area contributed by atoms with Crippen LogP contribution in [-0.2, 0) is 25.7 Å². The molecule has 2 atom stereocenters. The Balaban J connectivity index is 1.29. The number of rotatable bonds is 10. The number of benzene rings is 3. The molecule has 6 rings (SSSR count). The lowest BCUT2D eigenvalue weighted by Gasteiger charge is -2.36. The molecule has 0 aromatic heterocycles. The topological polar surface area (TPSA) is 89.5 Å². The first-order valence-electron chi connectivity index (χ1n) is 14.4. The van der Waals surface area contributed by atoms with E-state index in [9.17, 15) is 9.59 Å². The van der Waals surface area contributed by atoms with Crippen molar-refractivity contribution >= 4 is 28.8 Å². The smallest absolute Gasteiger partial charge is 0.338 e. The van der Waals surface area contributed by atoms with Crippen LogP contribution in [0.25, 0.3) is 0 Å². The predicted octanol–water partition coefficient (Wildman–Crippen LogP) is 6.48. The van der Waals surface area contributed by atoms with Gasteiger partial charge in [0.1, 0.15) is 18.1 Å². The first kappa shape index (κ1) is 28.8. The first-order valence-corrected chi connectivity index (χ1v) is 15.3. The molecular formula is C34H33N3O5S. The van der Waals surface area contributed by atoms with Crippen LogP contribution in [-0.4, -0.2) is 41.2 Å². The van der Waals surface area contributed by atoms with E-state index in [1.165, 1.54) is 11.8 Å². The van der Waals surface area contributed by atoms with Crippen LogP contribution in [0.5, 0.6) is 11.5 Å². The van der Waals surface area contributed by atoms with Crippen molar-refractivity contribution in [2.45, 2.75) is 44.9 Å². The second-order valence-corrected chi connectivity index (χ2v) is 11.4. The Morgan fingerprint density at radius 3 is 2.56 bits per heavy atom. The minimum atomic E-state index is -0.567. The number of nitrogens with zero attached hydrogens (tertiary/aromatic N) is 2. The number of aliphatic imine (C=N–C) groups is 1. The summed E-state index contributed by atoms with van der Waals surface area (Å²) in [5.41, 5.74) is 3.47. The molecule has 1 N–H and O–H groups in total. The van der Waals surface area contributed by atoms with Crippen LogP contribution < -0.4 is 10.1 Å². The van der Waals surface area contributed by atoms with Gasteiger partial charge in [-0.3, -0.25) is 4.79 Å². The van der Waals surface area contributed by atoms with E-state index >= 15 is 0 Å². The number of thioether (sulfide) groups is 1. The molecule has 1 amide bonds. The number of ether oxygens (including phenoxy) is 3. The van der Waals surface area contributed by atoms with E-state index in [1.54, 1.807) is 0 Å². The average Bonchev–Trinajstić information content (AvgIpc) is 3.69. The van der Waals surface area contributed by atoms with Crippen molar-refractivity contribution in [3.8, 4) is 11.5 Å². The maximum absolute atomic E-state index is 13.8. The molecule has 0 radical (unpaired) electrons. The predicted molar refractivity (Wildman–Crippen MR) is 166 cm³/mol. The molecule has 1 saturated heterocycles. The van der Waals surface area contributed by atoms with Gasteiger partial charge in [0, 0.05) is 18.8 Å². The summed E-state index contributed by atoms with van der Waals surface area (Å²) in [7, 11) is 0. The summed E-state index contributed by atoms with van der Waals surface area (Å²) in [6.07, 6.45) is 2.16. The fraction of sp³-hybridized carbons (Fsp3) is 0.265.